The maximum absolute atomic E-state index is 5.71. The number of hydrogen-bond acceptors (Lipinski definition) is 6. The summed E-state index contributed by atoms with van der Waals surface area (Å²) in [5, 5.41) is 7.48. The first-order chi connectivity index (χ1) is 9.24. The summed E-state index contributed by atoms with van der Waals surface area (Å²) in [5.74, 6) is 1.34. The number of rotatable bonds is 6. The third-order valence-electron chi connectivity index (χ3n) is 2.77. The van der Waals surface area contributed by atoms with Gasteiger partial charge in [-0.3, -0.25) is 0 Å². The van der Waals surface area contributed by atoms with Gasteiger partial charge in [-0.05, 0) is 37.6 Å². The van der Waals surface area contributed by atoms with Crippen LogP contribution in [0.3, 0.4) is 0 Å². The SMILES string of the molecule is COc1ccc(CCN)cc1OCc1nonc1C. The van der Waals surface area contributed by atoms with Gasteiger partial charge < -0.3 is 15.2 Å². The molecule has 6 nitrogen and oxygen atoms in total. The average molecular weight is 263 g/mol. The third kappa shape index (κ3) is 3.23. The minimum absolute atomic E-state index is 0.289. The first kappa shape index (κ1) is 13.4. The zero-order chi connectivity index (χ0) is 13.7. The molecule has 2 rings (SSSR count). The van der Waals surface area contributed by atoms with Crippen LogP contribution < -0.4 is 15.2 Å². The quantitative estimate of drug-likeness (QED) is 0.849. The number of nitrogens with two attached hydrogens (primary N) is 1. The molecule has 2 aromatic rings. The van der Waals surface area contributed by atoms with Crippen LogP contribution in [0.5, 0.6) is 11.5 Å². The van der Waals surface area contributed by atoms with Crippen molar-refractivity contribution in [3.8, 4) is 11.5 Å². The Morgan fingerprint density at radius 2 is 2.11 bits per heavy atom. The lowest BCUT2D eigenvalue weighted by Gasteiger charge is -2.11. The molecule has 2 N–H and O–H groups in total. The van der Waals surface area contributed by atoms with Gasteiger partial charge in [0.1, 0.15) is 18.0 Å². The predicted molar refractivity (Wildman–Crippen MR) is 69.1 cm³/mol. The molecule has 0 atom stereocenters. The molecule has 0 radical (unpaired) electrons. The number of hydrogen-bond donors (Lipinski definition) is 1. The normalized spacial score (nSPS) is 10.5. The molecule has 0 aliphatic rings. The summed E-state index contributed by atoms with van der Waals surface area (Å²) in [6, 6.07) is 5.77. The van der Waals surface area contributed by atoms with Gasteiger partial charge in [0.05, 0.1) is 7.11 Å². The highest BCUT2D eigenvalue weighted by Crippen LogP contribution is 2.29. The van der Waals surface area contributed by atoms with E-state index in [4.69, 9.17) is 15.2 Å². The Labute approximate surface area is 111 Å². The van der Waals surface area contributed by atoms with Crippen LogP contribution in [0.1, 0.15) is 17.0 Å². The number of ether oxygens (including phenoxy) is 2. The Morgan fingerprint density at radius 1 is 1.26 bits per heavy atom. The van der Waals surface area contributed by atoms with Crippen molar-refractivity contribution in [1.29, 1.82) is 0 Å². The number of methoxy groups -OCH3 is 1. The summed E-state index contributed by atoms with van der Waals surface area (Å²) in [6.45, 7) is 2.70. The van der Waals surface area contributed by atoms with Crippen molar-refractivity contribution in [3.05, 3.63) is 35.2 Å². The van der Waals surface area contributed by atoms with Crippen molar-refractivity contribution in [2.45, 2.75) is 20.0 Å². The molecule has 0 fully saturated rings. The van der Waals surface area contributed by atoms with Crippen molar-refractivity contribution in [3.63, 3.8) is 0 Å². The van der Waals surface area contributed by atoms with Crippen molar-refractivity contribution in [2.75, 3.05) is 13.7 Å². The molecule has 6 heteroatoms. The summed E-state index contributed by atoms with van der Waals surface area (Å²) in [4.78, 5) is 0. The van der Waals surface area contributed by atoms with Crippen molar-refractivity contribution in [2.24, 2.45) is 5.73 Å². The molecule has 0 amide bonds. The van der Waals surface area contributed by atoms with E-state index < -0.39 is 0 Å². The molecular formula is C13H17N3O3. The molecule has 1 aromatic carbocycles. The van der Waals surface area contributed by atoms with Crippen LogP contribution in [-0.4, -0.2) is 24.0 Å². The second-order valence-electron chi connectivity index (χ2n) is 4.11. The van der Waals surface area contributed by atoms with Crippen LogP contribution in [0.25, 0.3) is 0 Å². The van der Waals surface area contributed by atoms with E-state index in [0.717, 1.165) is 17.7 Å². The second-order valence-corrected chi connectivity index (χ2v) is 4.11. The fourth-order valence-electron chi connectivity index (χ4n) is 1.68. The van der Waals surface area contributed by atoms with E-state index >= 15 is 0 Å². The third-order valence-corrected chi connectivity index (χ3v) is 2.77. The van der Waals surface area contributed by atoms with Gasteiger partial charge in [0.2, 0.25) is 0 Å². The van der Waals surface area contributed by atoms with E-state index in [1.807, 2.05) is 25.1 Å². The predicted octanol–water partition coefficient (Wildman–Crippen LogP) is 1.47. The highest BCUT2D eigenvalue weighted by Gasteiger charge is 2.09. The Balaban J connectivity index is 2.13. The first-order valence-corrected chi connectivity index (χ1v) is 6.02. The Morgan fingerprint density at radius 3 is 2.74 bits per heavy atom. The summed E-state index contributed by atoms with van der Waals surface area (Å²) in [5.41, 5.74) is 8.05. The van der Waals surface area contributed by atoms with E-state index in [9.17, 15) is 0 Å². The Hall–Kier alpha value is -2.08. The molecule has 0 bridgehead atoms. The molecule has 1 heterocycles. The van der Waals surface area contributed by atoms with Gasteiger partial charge in [-0.1, -0.05) is 16.4 Å². The van der Waals surface area contributed by atoms with E-state index in [1.54, 1.807) is 7.11 Å². The zero-order valence-corrected chi connectivity index (χ0v) is 11.0. The number of aryl methyl sites for hydroxylation is 1. The molecule has 102 valence electrons. The lowest BCUT2D eigenvalue weighted by atomic mass is 10.1. The topological polar surface area (TPSA) is 83.4 Å². The zero-order valence-electron chi connectivity index (χ0n) is 11.0. The molecule has 0 saturated heterocycles. The van der Waals surface area contributed by atoms with Crippen molar-refractivity contribution in [1.82, 2.24) is 10.3 Å². The molecule has 0 spiro atoms. The van der Waals surface area contributed by atoms with Crippen LogP contribution in [0.2, 0.25) is 0 Å². The average Bonchev–Trinajstić information content (AvgIpc) is 2.82. The van der Waals surface area contributed by atoms with Crippen LogP contribution in [0.4, 0.5) is 0 Å². The van der Waals surface area contributed by atoms with Gasteiger partial charge in [0, 0.05) is 0 Å². The second kappa shape index (κ2) is 6.19. The first-order valence-electron chi connectivity index (χ1n) is 6.02. The Bertz CT molecular complexity index is 540. The molecule has 1 aromatic heterocycles. The summed E-state index contributed by atoms with van der Waals surface area (Å²) >= 11 is 0. The van der Waals surface area contributed by atoms with Crippen LogP contribution in [0.15, 0.2) is 22.8 Å². The Kier molecular flexibility index (Phi) is 4.35. The number of nitrogens with zero attached hydrogens (tertiary/aromatic N) is 2. The molecule has 0 unspecified atom stereocenters. The lowest BCUT2D eigenvalue weighted by Crippen LogP contribution is -2.04. The smallest absolute Gasteiger partial charge is 0.162 e. The number of benzene rings is 1. The van der Waals surface area contributed by atoms with Gasteiger partial charge in [0.25, 0.3) is 0 Å². The van der Waals surface area contributed by atoms with Gasteiger partial charge >= 0.3 is 0 Å². The van der Waals surface area contributed by atoms with Crippen LogP contribution in [0, 0.1) is 6.92 Å². The highest BCUT2D eigenvalue weighted by molar-refractivity contribution is 5.43. The summed E-state index contributed by atoms with van der Waals surface area (Å²) in [7, 11) is 1.60. The van der Waals surface area contributed by atoms with Crippen LogP contribution >= 0.6 is 0 Å². The van der Waals surface area contributed by atoms with Gasteiger partial charge in [-0.25, -0.2) is 4.63 Å². The van der Waals surface area contributed by atoms with Gasteiger partial charge in [-0.2, -0.15) is 0 Å². The summed E-state index contributed by atoms with van der Waals surface area (Å²) in [6.07, 6.45) is 0.797. The highest BCUT2D eigenvalue weighted by atomic mass is 16.6. The fraction of sp³-hybridized carbons (Fsp3) is 0.385. The monoisotopic (exact) mass is 263 g/mol. The van der Waals surface area contributed by atoms with Crippen molar-refractivity contribution < 1.29 is 14.1 Å². The standard InChI is InChI=1S/C13H17N3O3/c1-9-11(16-19-15-9)8-18-13-7-10(5-6-14)3-4-12(13)17-2/h3-4,7H,5-6,8,14H2,1-2H3. The van der Waals surface area contributed by atoms with E-state index in [0.29, 0.717) is 23.7 Å². The molecular weight excluding hydrogens is 246 g/mol. The fourth-order valence-corrected chi connectivity index (χ4v) is 1.68. The minimum Gasteiger partial charge on any atom is -0.493 e. The van der Waals surface area contributed by atoms with E-state index in [1.165, 1.54) is 0 Å². The molecule has 19 heavy (non-hydrogen) atoms. The van der Waals surface area contributed by atoms with Gasteiger partial charge in [0.15, 0.2) is 11.5 Å². The minimum atomic E-state index is 0.289. The summed E-state index contributed by atoms with van der Waals surface area (Å²) < 4.78 is 15.6. The lowest BCUT2D eigenvalue weighted by molar-refractivity contribution is 0.260. The maximum atomic E-state index is 5.71. The van der Waals surface area contributed by atoms with E-state index in [2.05, 4.69) is 14.9 Å². The molecule has 0 aliphatic carbocycles. The van der Waals surface area contributed by atoms with Crippen LogP contribution in [-0.2, 0) is 13.0 Å². The van der Waals surface area contributed by atoms with Gasteiger partial charge in [-0.15, -0.1) is 0 Å². The molecule has 0 aliphatic heterocycles. The number of aromatic nitrogens is 2. The molecule has 0 saturated carbocycles. The van der Waals surface area contributed by atoms with Crippen molar-refractivity contribution >= 4 is 0 Å². The van der Waals surface area contributed by atoms with E-state index in [-0.39, 0.29) is 6.61 Å². The largest absolute Gasteiger partial charge is 0.493 e. The maximum Gasteiger partial charge on any atom is 0.162 e.